The number of allylic oxidation sites excluding steroid dienone is 1. The molecule has 2 unspecified atom stereocenters. The summed E-state index contributed by atoms with van der Waals surface area (Å²) < 4.78 is 53.5. The summed E-state index contributed by atoms with van der Waals surface area (Å²) in [7, 11) is 0. The van der Waals surface area contributed by atoms with E-state index in [0.717, 1.165) is 5.56 Å². The van der Waals surface area contributed by atoms with Gasteiger partial charge in [-0.3, -0.25) is 5.10 Å². The van der Waals surface area contributed by atoms with Crippen molar-refractivity contribution in [2.75, 3.05) is 11.9 Å². The number of ether oxygens (including phenoxy) is 2. The average molecular weight is 461 g/mol. The summed E-state index contributed by atoms with van der Waals surface area (Å²) in [5.74, 6) is 0.267. The molecule has 0 spiro atoms. The van der Waals surface area contributed by atoms with E-state index in [1.54, 1.807) is 32.0 Å². The van der Waals surface area contributed by atoms with E-state index >= 15 is 0 Å². The molecule has 0 amide bonds. The molecular formula is C24H26F3N3O3. The van der Waals surface area contributed by atoms with Crippen LogP contribution in [0.4, 0.5) is 18.9 Å². The molecule has 3 aromatic rings. The zero-order valence-electron chi connectivity index (χ0n) is 18.3. The van der Waals surface area contributed by atoms with Crippen LogP contribution in [0.3, 0.4) is 0 Å². The summed E-state index contributed by atoms with van der Waals surface area (Å²) in [5, 5.41) is 20.9. The van der Waals surface area contributed by atoms with Crippen LogP contribution in [0.25, 0.3) is 10.9 Å². The minimum absolute atomic E-state index is 0.267. The van der Waals surface area contributed by atoms with Gasteiger partial charge in [0.15, 0.2) is 5.60 Å². The van der Waals surface area contributed by atoms with E-state index in [2.05, 4.69) is 15.5 Å². The summed E-state index contributed by atoms with van der Waals surface area (Å²) in [6.07, 6.45) is -2.79. The number of aliphatic hydroxyl groups is 1. The maximum absolute atomic E-state index is 14.0. The number of aromatic nitrogens is 2. The largest absolute Gasteiger partial charge is 0.459 e. The first-order chi connectivity index (χ1) is 15.6. The number of halogens is 3. The summed E-state index contributed by atoms with van der Waals surface area (Å²) in [4.78, 5) is 0. The number of nitrogens with one attached hydrogen (secondary N) is 2. The molecule has 1 aliphatic rings. The number of fused-ring (bicyclic) bond motifs is 1. The van der Waals surface area contributed by atoms with Crippen LogP contribution in [0.5, 0.6) is 0 Å². The van der Waals surface area contributed by atoms with E-state index in [-0.39, 0.29) is 5.76 Å². The maximum Gasteiger partial charge on any atom is 0.418 e. The van der Waals surface area contributed by atoms with Gasteiger partial charge in [-0.05, 0) is 24.1 Å². The van der Waals surface area contributed by atoms with Crippen LogP contribution in [-0.4, -0.2) is 39.9 Å². The second-order valence-corrected chi connectivity index (χ2v) is 8.94. The van der Waals surface area contributed by atoms with Crippen molar-refractivity contribution in [2.24, 2.45) is 5.41 Å². The Bertz CT molecular complexity index is 1130. The van der Waals surface area contributed by atoms with Gasteiger partial charge in [-0.25, -0.2) is 0 Å². The predicted molar refractivity (Wildman–Crippen MR) is 118 cm³/mol. The molecule has 0 aliphatic carbocycles. The zero-order chi connectivity index (χ0) is 23.7. The van der Waals surface area contributed by atoms with Gasteiger partial charge in [-0.15, -0.1) is 0 Å². The number of anilines is 1. The van der Waals surface area contributed by atoms with Crippen molar-refractivity contribution in [3.05, 3.63) is 72.3 Å². The number of aromatic amines is 1. The minimum Gasteiger partial charge on any atom is -0.459 e. The van der Waals surface area contributed by atoms with Gasteiger partial charge in [0, 0.05) is 22.9 Å². The van der Waals surface area contributed by atoms with Crippen LogP contribution in [0.2, 0.25) is 0 Å². The van der Waals surface area contributed by atoms with Crippen LogP contribution in [-0.2, 0) is 15.9 Å². The Hall–Kier alpha value is -3.20. The van der Waals surface area contributed by atoms with Crippen molar-refractivity contribution in [1.82, 2.24) is 10.2 Å². The van der Waals surface area contributed by atoms with Crippen LogP contribution in [0.1, 0.15) is 25.8 Å². The molecular weight excluding hydrogens is 435 g/mol. The molecule has 3 N–H and O–H groups in total. The van der Waals surface area contributed by atoms with E-state index in [1.807, 2.05) is 30.3 Å². The Kier molecular flexibility index (Phi) is 6.00. The van der Waals surface area contributed by atoms with Crippen molar-refractivity contribution in [3.63, 3.8) is 0 Å². The average Bonchev–Trinajstić information content (AvgIpc) is 3.42. The van der Waals surface area contributed by atoms with E-state index in [1.165, 1.54) is 12.5 Å². The molecule has 0 bridgehead atoms. The first kappa shape index (κ1) is 23.0. The third-order valence-corrected chi connectivity index (χ3v) is 5.82. The van der Waals surface area contributed by atoms with Crippen molar-refractivity contribution in [3.8, 4) is 0 Å². The molecule has 0 saturated carbocycles. The molecule has 1 aliphatic heterocycles. The maximum atomic E-state index is 14.0. The van der Waals surface area contributed by atoms with Crippen LogP contribution < -0.4 is 5.32 Å². The molecule has 33 heavy (non-hydrogen) atoms. The lowest BCUT2D eigenvalue weighted by Gasteiger charge is -2.37. The fourth-order valence-electron chi connectivity index (χ4n) is 4.00. The van der Waals surface area contributed by atoms with Crippen molar-refractivity contribution < 1.29 is 27.8 Å². The van der Waals surface area contributed by atoms with Gasteiger partial charge in [-0.2, -0.15) is 18.3 Å². The lowest BCUT2D eigenvalue weighted by Crippen LogP contribution is -2.53. The molecule has 6 nitrogen and oxygen atoms in total. The standard InChI is InChI=1S/C24H26F3N3O3/c1-22(2,20-13-32-21(33-20)11-16-7-4-3-5-8-16)14-23(31,24(25,26)27)15-28-18-9-6-10-19-17(18)12-29-30-19/h3-10,12-13,21,28,31H,11,14-15H2,1-2H3,(H,29,30). The van der Waals surface area contributed by atoms with Gasteiger partial charge in [0.2, 0.25) is 6.29 Å². The molecule has 2 heterocycles. The van der Waals surface area contributed by atoms with Gasteiger partial charge in [0.05, 0.1) is 18.3 Å². The fourth-order valence-corrected chi connectivity index (χ4v) is 4.00. The predicted octanol–water partition coefficient (Wildman–Crippen LogP) is 5.14. The Labute approximate surface area is 189 Å². The summed E-state index contributed by atoms with van der Waals surface area (Å²) >= 11 is 0. The SMILES string of the molecule is CC(C)(CC(O)(CNc1cccc2[nH]ncc12)C(F)(F)F)C1=COC(Cc2ccccc2)O1. The first-order valence-corrected chi connectivity index (χ1v) is 10.6. The van der Waals surface area contributed by atoms with Crippen LogP contribution >= 0.6 is 0 Å². The molecule has 0 fully saturated rings. The van der Waals surface area contributed by atoms with Gasteiger partial charge >= 0.3 is 6.18 Å². The highest BCUT2D eigenvalue weighted by Crippen LogP contribution is 2.45. The molecule has 9 heteroatoms. The quantitative estimate of drug-likeness (QED) is 0.433. The number of alkyl halides is 3. The van der Waals surface area contributed by atoms with Gasteiger partial charge in [0.1, 0.15) is 12.0 Å². The van der Waals surface area contributed by atoms with Gasteiger partial charge in [0.25, 0.3) is 0 Å². The number of rotatable bonds is 8. The van der Waals surface area contributed by atoms with E-state index in [4.69, 9.17) is 9.47 Å². The summed E-state index contributed by atoms with van der Waals surface area (Å²) in [6, 6.07) is 14.6. The molecule has 1 aromatic heterocycles. The fraction of sp³-hybridized carbons (Fsp3) is 0.375. The monoisotopic (exact) mass is 461 g/mol. The summed E-state index contributed by atoms with van der Waals surface area (Å²) in [5.41, 5.74) is -2.03. The Balaban J connectivity index is 1.46. The van der Waals surface area contributed by atoms with Crippen molar-refractivity contribution in [1.29, 1.82) is 0 Å². The number of benzene rings is 2. The van der Waals surface area contributed by atoms with Gasteiger partial charge in [-0.1, -0.05) is 50.2 Å². The lowest BCUT2D eigenvalue weighted by atomic mass is 9.78. The lowest BCUT2D eigenvalue weighted by molar-refractivity contribution is -0.263. The number of hydrogen-bond donors (Lipinski definition) is 3. The highest BCUT2D eigenvalue weighted by atomic mass is 19.4. The first-order valence-electron chi connectivity index (χ1n) is 10.6. The Morgan fingerprint density at radius 3 is 2.58 bits per heavy atom. The van der Waals surface area contributed by atoms with Gasteiger partial charge < -0.3 is 19.9 Å². The molecule has 2 aromatic carbocycles. The third kappa shape index (κ3) is 4.93. The smallest absolute Gasteiger partial charge is 0.418 e. The van der Waals surface area contributed by atoms with Crippen LogP contribution in [0.15, 0.2) is 66.7 Å². The van der Waals surface area contributed by atoms with E-state index in [9.17, 15) is 18.3 Å². The zero-order valence-corrected chi connectivity index (χ0v) is 18.3. The molecule has 4 rings (SSSR count). The normalized spacial score (nSPS) is 18.4. The number of nitrogens with zero attached hydrogens (tertiary/aromatic N) is 1. The third-order valence-electron chi connectivity index (χ3n) is 5.82. The minimum atomic E-state index is -4.87. The second-order valence-electron chi connectivity index (χ2n) is 8.94. The Morgan fingerprint density at radius 2 is 1.85 bits per heavy atom. The topological polar surface area (TPSA) is 79.4 Å². The molecule has 0 radical (unpaired) electrons. The van der Waals surface area contributed by atoms with E-state index in [0.29, 0.717) is 23.0 Å². The van der Waals surface area contributed by atoms with E-state index < -0.39 is 36.4 Å². The molecule has 2 atom stereocenters. The highest BCUT2D eigenvalue weighted by molar-refractivity contribution is 5.90. The highest BCUT2D eigenvalue weighted by Gasteiger charge is 2.56. The number of hydrogen-bond acceptors (Lipinski definition) is 5. The number of H-pyrrole nitrogens is 1. The second kappa shape index (κ2) is 8.62. The molecule has 176 valence electrons. The van der Waals surface area contributed by atoms with Crippen molar-refractivity contribution in [2.45, 2.75) is 44.8 Å². The summed E-state index contributed by atoms with van der Waals surface area (Å²) in [6.45, 7) is 2.47. The molecule has 0 saturated heterocycles. The van der Waals surface area contributed by atoms with Crippen LogP contribution in [0, 0.1) is 5.41 Å². The van der Waals surface area contributed by atoms with Crippen molar-refractivity contribution >= 4 is 16.6 Å². The Morgan fingerprint density at radius 1 is 1.09 bits per heavy atom.